The Kier molecular flexibility index (Phi) is 7.47. The number of carbonyl (C=O) groups excluding carboxylic acids is 2. The highest BCUT2D eigenvalue weighted by molar-refractivity contribution is 8.00. The van der Waals surface area contributed by atoms with Gasteiger partial charge in [-0.1, -0.05) is 78.9 Å². The summed E-state index contributed by atoms with van der Waals surface area (Å²) >= 11 is 1.41. The van der Waals surface area contributed by atoms with Crippen molar-refractivity contribution in [2.45, 2.75) is 23.1 Å². The van der Waals surface area contributed by atoms with Crippen molar-refractivity contribution in [3.63, 3.8) is 0 Å². The van der Waals surface area contributed by atoms with Gasteiger partial charge in [0.1, 0.15) is 5.25 Å². The molecule has 0 saturated heterocycles. The van der Waals surface area contributed by atoms with Crippen LogP contribution in [0, 0.1) is 0 Å². The van der Waals surface area contributed by atoms with Gasteiger partial charge in [-0.25, -0.2) is 0 Å². The maximum atomic E-state index is 12.8. The van der Waals surface area contributed by atoms with E-state index in [4.69, 9.17) is 4.74 Å². The molecule has 148 valence electrons. The molecule has 3 rings (SSSR count). The molecular weight excluding hydrogens is 382 g/mol. The Hall–Kier alpha value is -3.05. The molecule has 0 saturated carbocycles. The standard InChI is InChI=1S/C24H23NO3S/c1-18(19-11-5-2-6-12-19)25-22(26)17-28-24(27)23(20-13-7-3-8-14-20)29-21-15-9-4-10-16-21/h2-16,18,23H,17H2,1H3,(H,25,26)/t18-,23-/m1/s1. The van der Waals surface area contributed by atoms with E-state index < -0.39 is 11.2 Å². The number of esters is 1. The van der Waals surface area contributed by atoms with E-state index in [0.717, 1.165) is 16.0 Å². The maximum absolute atomic E-state index is 12.8. The van der Waals surface area contributed by atoms with Crippen LogP contribution in [0.25, 0.3) is 0 Å². The summed E-state index contributed by atoms with van der Waals surface area (Å²) in [5.41, 5.74) is 1.83. The molecular formula is C24H23NO3S. The minimum atomic E-state index is -0.544. The molecule has 4 nitrogen and oxygen atoms in total. The molecule has 0 fully saturated rings. The number of hydrogen-bond donors (Lipinski definition) is 1. The van der Waals surface area contributed by atoms with Crippen LogP contribution in [0.15, 0.2) is 95.9 Å². The van der Waals surface area contributed by atoms with Crippen molar-refractivity contribution >= 4 is 23.6 Å². The second-order valence-electron chi connectivity index (χ2n) is 6.53. The number of ether oxygens (including phenoxy) is 1. The van der Waals surface area contributed by atoms with Gasteiger partial charge in [0.15, 0.2) is 6.61 Å². The van der Waals surface area contributed by atoms with Gasteiger partial charge in [0.25, 0.3) is 5.91 Å². The van der Waals surface area contributed by atoms with Gasteiger partial charge < -0.3 is 10.1 Å². The van der Waals surface area contributed by atoms with Crippen molar-refractivity contribution in [2.75, 3.05) is 6.61 Å². The summed E-state index contributed by atoms with van der Waals surface area (Å²) in [5.74, 6) is -0.765. The minimum Gasteiger partial charge on any atom is -0.454 e. The Balaban J connectivity index is 1.61. The third kappa shape index (κ3) is 6.22. The van der Waals surface area contributed by atoms with Crippen LogP contribution in [0.5, 0.6) is 0 Å². The SMILES string of the molecule is C[C@@H](NC(=O)COC(=O)[C@H](Sc1ccccc1)c1ccccc1)c1ccccc1. The molecule has 1 N–H and O–H groups in total. The summed E-state index contributed by atoms with van der Waals surface area (Å²) in [6.45, 7) is 1.59. The predicted molar refractivity (Wildman–Crippen MR) is 115 cm³/mol. The van der Waals surface area contributed by atoms with E-state index in [9.17, 15) is 9.59 Å². The number of thioether (sulfide) groups is 1. The molecule has 2 atom stereocenters. The van der Waals surface area contributed by atoms with Crippen molar-refractivity contribution in [2.24, 2.45) is 0 Å². The third-order valence-electron chi connectivity index (χ3n) is 4.34. The van der Waals surface area contributed by atoms with Crippen molar-refractivity contribution in [3.8, 4) is 0 Å². The van der Waals surface area contributed by atoms with E-state index in [1.165, 1.54) is 11.8 Å². The molecule has 0 bridgehead atoms. The Labute approximate surface area is 175 Å². The highest BCUT2D eigenvalue weighted by Crippen LogP contribution is 2.36. The molecule has 1 amide bonds. The lowest BCUT2D eigenvalue weighted by molar-refractivity contribution is -0.148. The minimum absolute atomic E-state index is 0.161. The lowest BCUT2D eigenvalue weighted by Gasteiger charge is -2.17. The average Bonchev–Trinajstić information content (AvgIpc) is 2.77. The predicted octanol–water partition coefficient (Wildman–Crippen LogP) is 4.94. The number of carbonyl (C=O) groups is 2. The van der Waals surface area contributed by atoms with E-state index >= 15 is 0 Å². The fourth-order valence-electron chi connectivity index (χ4n) is 2.84. The van der Waals surface area contributed by atoms with Gasteiger partial charge in [0.2, 0.25) is 0 Å². The second kappa shape index (κ2) is 10.5. The van der Waals surface area contributed by atoms with Crippen LogP contribution < -0.4 is 5.32 Å². The average molecular weight is 406 g/mol. The molecule has 5 heteroatoms. The summed E-state index contributed by atoms with van der Waals surface area (Å²) in [6, 6.07) is 28.6. The van der Waals surface area contributed by atoms with Gasteiger partial charge in [-0.15, -0.1) is 11.8 Å². The molecule has 0 radical (unpaired) electrons. The maximum Gasteiger partial charge on any atom is 0.324 e. The fraction of sp³-hybridized carbons (Fsp3) is 0.167. The van der Waals surface area contributed by atoms with Gasteiger partial charge in [-0.2, -0.15) is 0 Å². The Bertz CT molecular complexity index is 917. The topological polar surface area (TPSA) is 55.4 Å². The zero-order valence-electron chi connectivity index (χ0n) is 16.2. The van der Waals surface area contributed by atoms with E-state index in [1.54, 1.807) is 0 Å². The number of hydrogen-bond acceptors (Lipinski definition) is 4. The van der Waals surface area contributed by atoms with Crippen LogP contribution in [-0.2, 0) is 14.3 Å². The highest BCUT2D eigenvalue weighted by atomic mass is 32.2. The monoisotopic (exact) mass is 405 g/mol. The molecule has 3 aromatic carbocycles. The third-order valence-corrected chi connectivity index (χ3v) is 5.58. The number of amides is 1. The fourth-order valence-corrected chi connectivity index (χ4v) is 3.88. The highest BCUT2D eigenvalue weighted by Gasteiger charge is 2.24. The van der Waals surface area contributed by atoms with Crippen LogP contribution >= 0.6 is 11.8 Å². The van der Waals surface area contributed by atoms with Crippen molar-refractivity contribution in [1.29, 1.82) is 0 Å². The van der Waals surface area contributed by atoms with Crippen LogP contribution in [0.3, 0.4) is 0 Å². The number of rotatable bonds is 8. The number of nitrogens with one attached hydrogen (secondary N) is 1. The first-order valence-electron chi connectivity index (χ1n) is 9.41. The molecule has 0 aliphatic heterocycles. The van der Waals surface area contributed by atoms with E-state index in [2.05, 4.69) is 5.32 Å². The van der Waals surface area contributed by atoms with Crippen molar-refractivity contribution in [3.05, 3.63) is 102 Å². The first-order chi connectivity index (χ1) is 14.1. The smallest absolute Gasteiger partial charge is 0.324 e. The van der Waals surface area contributed by atoms with Gasteiger partial charge in [-0.05, 0) is 30.2 Å². The summed E-state index contributed by atoms with van der Waals surface area (Å²) in [5, 5.41) is 2.31. The van der Waals surface area contributed by atoms with Crippen molar-refractivity contribution in [1.82, 2.24) is 5.32 Å². The van der Waals surface area contributed by atoms with Crippen molar-refractivity contribution < 1.29 is 14.3 Å². The van der Waals surface area contributed by atoms with E-state index in [-0.39, 0.29) is 18.6 Å². The molecule has 0 heterocycles. The lowest BCUT2D eigenvalue weighted by atomic mass is 10.1. The first-order valence-corrected chi connectivity index (χ1v) is 10.3. The second-order valence-corrected chi connectivity index (χ2v) is 7.71. The molecule has 0 aliphatic carbocycles. The summed E-state index contributed by atoms with van der Waals surface area (Å²) in [7, 11) is 0. The molecule has 0 spiro atoms. The Morgan fingerprint density at radius 2 is 1.34 bits per heavy atom. The Morgan fingerprint density at radius 1 is 0.828 bits per heavy atom. The van der Waals surface area contributed by atoms with Crippen LogP contribution in [-0.4, -0.2) is 18.5 Å². The van der Waals surface area contributed by atoms with Gasteiger partial charge >= 0.3 is 5.97 Å². The van der Waals surface area contributed by atoms with Crippen LogP contribution in [0.2, 0.25) is 0 Å². The molecule has 0 aromatic heterocycles. The quantitative estimate of drug-likeness (QED) is 0.426. The zero-order valence-corrected chi connectivity index (χ0v) is 17.0. The van der Waals surface area contributed by atoms with Gasteiger partial charge in [0.05, 0.1) is 6.04 Å². The molecule has 0 aliphatic rings. The molecule has 29 heavy (non-hydrogen) atoms. The van der Waals surface area contributed by atoms with E-state index in [0.29, 0.717) is 0 Å². The zero-order chi connectivity index (χ0) is 20.5. The Morgan fingerprint density at radius 3 is 1.93 bits per heavy atom. The largest absolute Gasteiger partial charge is 0.454 e. The lowest BCUT2D eigenvalue weighted by Crippen LogP contribution is -2.31. The van der Waals surface area contributed by atoms with Crippen LogP contribution in [0.1, 0.15) is 29.3 Å². The summed E-state index contributed by atoms with van der Waals surface area (Å²) in [6.07, 6.45) is 0. The molecule has 0 unspecified atom stereocenters. The first kappa shape index (κ1) is 20.7. The van der Waals surface area contributed by atoms with Gasteiger partial charge in [-0.3, -0.25) is 9.59 Å². The van der Waals surface area contributed by atoms with E-state index in [1.807, 2.05) is 97.9 Å². The van der Waals surface area contributed by atoms with Crippen LogP contribution in [0.4, 0.5) is 0 Å². The number of benzene rings is 3. The normalized spacial score (nSPS) is 12.6. The summed E-state index contributed by atoms with van der Waals surface area (Å²) in [4.78, 5) is 26.0. The summed E-state index contributed by atoms with van der Waals surface area (Å²) < 4.78 is 5.36. The molecule has 3 aromatic rings. The van der Waals surface area contributed by atoms with Gasteiger partial charge in [0, 0.05) is 4.90 Å².